The van der Waals surface area contributed by atoms with Crippen molar-refractivity contribution in [2.24, 2.45) is 5.73 Å². The normalized spacial score (nSPS) is 24.4. The second-order valence-corrected chi connectivity index (χ2v) is 4.78. The number of methoxy groups -OCH3 is 1. The van der Waals surface area contributed by atoms with Crippen LogP contribution in [0.1, 0.15) is 33.1 Å². The molecular weight excluding hydrogens is 176 g/mol. The van der Waals surface area contributed by atoms with Crippen molar-refractivity contribution in [2.45, 2.75) is 44.8 Å². The van der Waals surface area contributed by atoms with Gasteiger partial charge in [0, 0.05) is 26.2 Å². The van der Waals surface area contributed by atoms with E-state index >= 15 is 0 Å². The summed E-state index contributed by atoms with van der Waals surface area (Å²) in [6, 6.07) is 0.614. The number of nitrogens with zero attached hydrogens (tertiary/aromatic N) is 1. The van der Waals surface area contributed by atoms with Crippen LogP contribution in [0.2, 0.25) is 0 Å². The van der Waals surface area contributed by atoms with E-state index in [1.165, 1.54) is 19.4 Å². The van der Waals surface area contributed by atoms with E-state index in [0.29, 0.717) is 6.04 Å². The van der Waals surface area contributed by atoms with Crippen LogP contribution in [-0.2, 0) is 4.74 Å². The molecule has 1 atom stereocenters. The molecule has 0 amide bonds. The highest BCUT2D eigenvalue weighted by molar-refractivity contribution is 4.81. The molecule has 1 aliphatic heterocycles. The maximum atomic E-state index is 5.72. The summed E-state index contributed by atoms with van der Waals surface area (Å²) < 4.78 is 5.41. The first-order valence-corrected chi connectivity index (χ1v) is 5.58. The van der Waals surface area contributed by atoms with Gasteiger partial charge in [-0.15, -0.1) is 0 Å². The van der Waals surface area contributed by atoms with Crippen LogP contribution in [0, 0.1) is 0 Å². The number of hydrogen-bond donors (Lipinski definition) is 1. The molecule has 1 heterocycles. The fourth-order valence-corrected chi connectivity index (χ4v) is 1.97. The Morgan fingerprint density at radius 3 is 2.79 bits per heavy atom. The third kappa shape index (κ3) is 3.23. The van der Waals surface area contributed by atoms with Gasteiger partial charge in [0.25, 0.3) is 0 Å². The van der Waals surface area contributed by atoms with Crippen molar-refractivity contribution < 1.29 is 4.74 Å². The van der Waals surface area contributed by atoms with Gasteiger partial charge in [0.1, 0.15) is 0 Å². The third-order valence-corrected chi connectivity index (χ3v) is 3.32. The lowest BCUT2D eigenvalue weighted by Gasteiger charge is -2.29. The molecule has 0 bridgehead atoms. The van der Waals surface area contributed by atoms with E-state index in [1.54, 1.807) is 7.11 Å². The predicted octanol–water partition coefficient (Wildman–Crippen LogP) is 1.22. The maximum Gasteiger partial charge on any atom is 0.0634 e. The van der Waals surface area contributed by atoms with E-state index in [4.69, 9.17) is 10.5 Å². The summed E-state index contributed by atoms with van der Waals surface area (Å²) in [7, 11) is 1.78. The molecule has 1 rings (SSSR count). The van der Waals surface area contributed by atoms with Gasteiger partial charge >= 0.3 is 0 Å². The van der Waals surface area contributed by atoms with Crippen LogP contribution in [0.15, 0.2) is 0 Å². The largest absolute Gasteiger partial charge is 0.379 e. The first kappa shape index (κ1) is 12.0. The van der Waals surface area contributed by atoms with Gasteiger partial charge in [0.05, 0.1) is 5.60 Å². The number of rotatable bonds is 5. The smallest absolute Gasteiger partial charge is 0.0634 e. The van der Waals surface area contributed by atoms with Gasteiger partial charge in [-0.25, -0.2) is 0 Å². The van der Waals surface area contributed by atoms with Crippen molar-refractivity contribution in [1.29, 1.82) is 0 Å². The van der Waals surface area contributed by atoms with E-state index in [2.05, 4.69) is 18.7 Å². The molecule has 14 heavy (non-hydrogen) atoms. The topological polar surface area (TPSA) is 38.5 Å². The van der Waals surface area contributed by atoms with Crippen molar-refractivity contribution in [3.63, 3.8) is 0 Å². The molecule has 0 radical (unpaired) electrons. The highest BCUT2D eigenvalue weighted by Gasteiger charge is 2.25. The predicted molar refractivity (Wildman–Crippen MR) is 59.4 cm³/mol. The van der Waals surface area contributed by atoms with Gasteiger partial charge in [0.2, 0.25) is 0 Å². The van der Waals surface area contributed by atoms with Gasteiger partial charge in [-0.3, -0.25) is 4.90 Å². The van der Waals surface area contributed by atoms with Crippen molar-refractivity contribution in [2.75, 3.05) is 26.7 Å². The summed E-state index contributed by atoms with van der Waals surface area (Å²) in [4.78, 5) is 2.50. The van der Waals surface area contributed by atoms with E-state index in [-0.39, 0.29) is 5.60 Å². The zero-order valence-electron chi connectivity index (χ0n) is 9.75. The molecule has 1 fully saturated rings. The fraction of sp³-hybridized carbons (Fsp3) is 1.00. The zero-order chi connectivity index (χ0) is 10.6. The third-order valence-electron chi connectivity index (χ3n) is 3.32. The quantitative estimate of drug-likeness (QED) is 0.725. The lowest BCUT2D eigenvalue weighted by molar-refractivity contribution is 0.00673. The number of ether oxygens (including phenoxy) is 1. The minimum atomic E-state index is 0.00172. The Bertz CT molecular complexity index is 171. The molecule has 1 unspecified atom stereocenters. The Labute approximate surface area is 87.6 Å². The fourth-order valence-electron chi connectivity index (χ4n) is 1.97. The second-order valence-electron chi connectivity index (χ2n) is 4.78. The number of nitrogens with two attached hydrogens (primary N) is 1. The van der Waals surface area contributed by atoms with Gasteiger partial charge in [-0.1, -0.05) is 0 Å². The van der Waals surface area contributed by atoms with Crippen LogP contribution in [0.5, 0.6) is 0 Å². The molecule has 0 spiro atoms. The van der Waals surface area contributed by atoms with Gasteiger partial charge in [-0.2, -0.15) is 0 Å². The SMILES string of the molecule is COC(C)(C)CCN1CCCC1CN. The van der Waals surface area contributed by atoms with E-state index in [9.17, 15) is 0 Å². The molecule has 3 heteroatoms. The first-order valence-electron chi connectivity index (χ1n) is 5.58. The van der Waals surface area contributed by atoms with E-state index in [1.807, 2.05) is 0 Å². The molecular formula is C11H24N2O. The van der Waals surface area contributed by atoms with Crippen LogP contribution in [-0.4, -0.2) is 43.3 Å². The molecule has 0 saturated carbocycles. The minimum Gasteiger partial charge on any atom is -0.379 e. The molecule has 1 aliphatic rings. The standard InChI is InChI=1S/C11H24N2O/c1-11(2,14-3)6-8-13-7-4-5-10(13)9-12/h10H,4-9,12H2,1-3H3. The van der Waals surface area contributed by atoms with Crippen LogP contribution in [0.3, 0.4) is 0 Å². The zero-order valence-corrected chi connectivity index (χ0v) is 9.75. The molecule has 3 nitrogen and oxygen atoms in total. The summed E-state index contributed by atoms with van der Waals surface area (Å²) in [5, 5.41) is 0. The lowest BCUT2D eigenvalue weighted by Crippen LogP contribution is -2.39. The second kappa shape index (κ2) is 5.10. The average Bonchev–Trinajstić information content (AvgIpc) is 2.62. The number of hydrogen-bond acceptors (Lipinski definition) is 3. The Kier molecular flexibility index (Phi) is 4.35. The monoisotopic (exact) mass is 200 g/mol. The van der Waals surface area contributed by atoms with E-state index < -0.39 is 0 Å². The molecule has 0 aromatic carbocycles. The van der Waals surface area contributed by atoms with Gasteiger partial charge < -0.3 is 10.5 Å². The Morgan fingerprint density at radius 1 is 1.50 bits per heavy atom. The van der Waals surface area contributed by atoms with Crippen molar-refractivity contribution in [3.8, 4) is 0 Å². The molecule has 2 N–H and O–H groups in total. The van der Waals surface area contributed by atoms with Crippen LogP contribution >= 0.6 is 0 Å². The van der Waals surface area contributed by atoms with E-state index in [0.717, 1.165) is 19.5 Å². The van der Waals surface area contributed by atoms with Crippen LogP contribution in [0.25, 0.3) is 0 Å². The summed E-state index contributed by atoms with van der Waals surface area (Å²) in [5.41, 5.74) is 5.72. The molecule has 84 valence electrons. The van der Waals surface area contributed by atoms with Gasteiger partial charge in [-0.05, 0) is 39.7 Å². The van der Waals surface area contributed by atoms with Gasteiger partial charge in [0.15, 0.2) is 0 Å². The Balaban J connectivity index is 2.30. The summed E-state index contributed by atoms with van der Waals surface area (Å²) >= 11 is 0. The first-order chi connectivity index (χ1) is 6.59. The van der Waals surface area contributed by atoms with Crippen molar-refractivity contribution in [3.05, 3.63) is 0 Å². The average molecular weight is 200 g/mol. The lowest BCUT2D eigenvalue weighted by atomic mass is 10.0. The molecule has 0 aliphatic carbocycles. The molecule has 0 aromatic heterocycles. The van der Waals surface area contributed by atoms with Crippen LogP contribution in [0.4, 0.5) is 0 Å². The Hall–Kier alpha value is -0.120. The summed E-state index contributed by atoms with van der Waals surface area (Å²) in [6.07, 6.45) is 3.65. The van der Waals surface area contributed by atoms with Crippen LogP contribution < -0.4 is 5.73 Å². The molecule has 0 aromatic rings. The summed E-state index contributed by atoms with van der Waals surface area (Å²) in [6.45, 7) is 7.40. The molecule has 1 saturated heterocycles. The number of likely N-dealkylation sites (tertiary alicyclic amines) is 1. The Morgan fingerprint density at radius 2 is 2.21 bits per heavy atom. The highest BCUT2D eigenvalue weighted by atomic mass is 16.5. The maximum absolute atomic E-state index is 5.72. The van der Waals surface area contributed by atoms with Crippen molar-refractivity contribution >= 4 is 0 Å². The minimum absolute atomic E-state index is 0.00172. The van der Waals surface area contributed by atoms with Crippen molar-refractivity contribution in [1.82, 2.24) is 4.90 Å². The highest BCUT2D eigenvalue weighted by Crippen LogP contribution is 2.20. The summed E-state index contributed by atoms with van der Waals surface area (Å²) in [5.74, 6) is 0.